The zero-order valence-corrected chi connectivity index (χ0v) is 13.3. The fourth-order valence-electron chi connectivity index (χ4n) is 2.57. The van der Waals surface area contributed by atoms with E-state index in [4.69, 9.17) is 8.83 Å². The summed E-state index contributed by atoms with van der Waals surface area (Å²) < 4.78 is 10.6. The van der Waals surface area contributed by atoms with Crippen molar-refractivity contribution in [3.05, 3.63) is 18.4 Å². The van der Waals surface area contributed by atoms with Gasteiger partial charge in [-0.2, -0.15) is 0 Å². The first-order valence-electron chi connectivity index (χ1n) is 7.50. The summed E-state index contributed by atoms with van der Waals surface area (Å²) in [7, 11) is 0. The van der Waals surface area contributed by atoms with Crippen molar-refractivity contribution in [1.29, 1.82) is 0 Å². The molecule has 3 rings (SSSR count). The Bertz CT molecular complexity index is 603. The molecule has 2 aromatic heterocycles. The van der Waals surface area contributed by atoms with Crippen LogP contribution >= 0.6 is 11.8 Å². The Balaban J connectivity index is 1.45. The zero-order chi connectivity index (χ0) is 15.4. The molecule has 0 aromatic carbocycles. The number of nitrogens with one attached hydrogen (secondary N) is 1. The van der Waals surface area contributed by atoms with E-state index in [9.17, 15) is 4.79 Å². The van der Waals surface area contributed by atoms with E-state index in [0.29, 0.717) is 22.9 Å². The van der Waals surface area contributed by atoms with Gasteiger partial charge in [-0.05, 0) is 43.7 Å². The quantitative estimate of drug-likeness (QED) is 0.852. The van der Waals surface area contributed by atoms with Crippen LogP contribution in [0.2, 0.25) is 0 Å². The molecule has 1 fully saturated rings. The van der Waals surface area contributed by atoms with E-state index < -0.39 is 0 Å². The fourth-order valence-corrected chi connectivity index (χ4v) is 3.14. The molecule has 0 unspecified atom stereocenters. The Morgan fingerprint density at radius 3 is 2.91 bits per heavy atom. The predicted molar refractivity (Wildman–Crippen MR) is 82.3 cm³/mol. The molecule has 1 aliphatic rings. The summed E-state index contributed by atoms with van der Waals surface area (Å²) in [5.41, 5.74) is 0. The summed E-state index contributed by atoms with van der Waals surface area (Å²) >= 11 is 1.24. The van der Waals surface area contributed by atoms with Crippen LogP contribution in [0.1, 0.15) is 32.6 Å². The number of rotatable bonds is 5. The van der Waals surface area contributed by atoms with Crippen LogP contribution in [0.3, 0.4) is 0 Å². The summed E-state index contributed by atoms with van der Waals surface area (Å²) in [5, 5.41) is 11.3. The van der Waals surface area contributed by atoms with Crippen LogP contribution in [0, 0.1) is 5.92 Å². The van der Waals surface area contributed by atoms with Gasteiger partial charge in [0, 0.05) is 6.04 Å². The van der Waals surface area contributed by atoms with Crippen LogP contribution in [-0.4, -0.2) is 27.9 Å². The van der Waals surface area contributed by atoms with Crippen molar-refractivity contribution >= 4 is 17.7 Å². The summed E-state index contributed by atoms with van der Waals surface area (Å²) in [6.45, 7) is 2.26. The van der Waals surface area contributed by atoms with E-state index in [-0.39, 0.29) is 11.7 Å². The first-order valence-corrected chi connectivity index (χ1v) is 8.49. The summed E-state index contributed by atoms with van der Waals surface area (Å²) in [5.74, 6) is 1.93. The maximum atomic E-state index is 12.0. The molecular weight excluding hydrogens is 302 g/mol. The van der Waals surface area contributed by atoms with E-state index in [1.54, 1.807) is 18.4 Å². The predicted octanol–water partition coefficient (Wildman–Crippen LogP) is 3.12. The monoisotopic (exact) mass is 321 g/mol. The molecule has 118 valence electrons. The van der Waals surface area contributed by atoms with Gasteiger partial charge in [-0.15, -0.1) is 10.2 Å². The van der Waals surface area contributed by atoms with Crippen LogP contribution in [0.4, 0.5) is 0 Å². The zero-order valence-electron chi connectivity index (χ0n) is 12.4. The van der Waals surface area contributed by atoms with Gasteiger partial charge in [-0.25, -0.2) is 0 Å². The molecule has 1 saturated carbocycles. The molecule has 22 heavy (non-hydrogen) atoms. The van der Waals surface area contributed by atoms with Crippen LogP contribution in [0.25, 0.3) is 11.7 Å². The van der Waals surface area contributed by atoms with Gasteiger partial charge in [0.2, 0.25) is 5.91 Å². The number of amides is 1. The molecule has 7 heteroatoms. The van der Waals surface area contributed by atoms with E-state index in [1.165, 1.54) is 24.6 Å². The van der Waals surface area contributed by atoms with Crippen molar-refractivity contribution in [3.63, 3.8) is 0 Å². The fraction of sp³-hybridized carbons (Fsp3) is 0.533. The lowest BCUT2D eigenvalue weighted by Crippen LogP contribution is -2.38. The average molecular weight is 321 g/mol. The second-order valence-corrected chi connectivity index (χ2v) is 6.59. The number of hydrogen-bond acceptors (Lipinski definition) is 6. The SMILES string of the molecule is CC1CCC(NC(=O)CSc2nnc(-c3ccco3)o2)CC1. The first-order chi connectivity index (χ1) is 10.7. The first kappa shape index (κ1) is 15.1. The van der Waals surface area contributed by atoms with Gasteiger partial charge < -0.3 is 14.2 Å². The molecule has 1 amide bonds. The Kier molecular flexibility index (Phi) is 4.82. The molecule has 0 aliphatic heterocycles. The Hall–Kier alpha value is -1.76. The van der Waals surface area contributed by atoms with Crippen molar-refractivity contribution in [1.82, 2.24) is 15.5 Å². The number of carbonyl (C=O) groups is 1. The van der Waals surface area contributed by atoms with Gasteiger partial charge in [0.15, 0.2) is 5.76 Å². The van der Waals surface area contributed by atoms with Crippen LogP contribution < -0.4 is 5.32 Å². The third-order valence-corrected chi connectivity index (χ3v) is 4.66. The van der Waals surface area contributed by atoms with Crippen molar-refractivity contribution in [3.8, 4) is 11.7 Å². The molecule has 1 aliphatic carbocycles. The van der Waals surface area contributed by atoms with Crippen molar-refractivity contribution in [2.45, 2.75) is 43.9 Å². The minimum atomic E-state index is 0.0160. The molecule has 1 N–H and O–H groups in total. The molecule has 0 bridgehead atoms. The average Bonchev–Trinajstić information content (AvgIpc) is 3.18. The third kappa shape index (κ3) is 3.91. The molecule has 6 nitrogen and oxygen atoms in total. The number of aromatic nitrogens is 2. The number of thioether (sulfide) groups is 1. The Labute approximate surface area is 133 Å². The van der Waals surface area contributed by atoms with E-state index >= 15 is 0 Å². The highest BCUT2D eigenvalue weighted by Gasteiger charge is 2.20. The van der Waals surface area contributed by atoms with Crippen LogP contribution in [0.15, 0.2) is 32.5 Å². The maximum Gasteiger partial charge on any atom is 0.284 e. The highest BCUT2D eigenvalue weighted by atomic mass is 32.2. The second-order valence-electron chi connectivity index (χ2n) is 5.66. The van der Waals surface area contributed by atoms with E-state index in [2.05, 4.69) is 22.4 Å². The van der Waals surface area contributed by atoms with Gasteiger partial charge in [0.05, 0.1) is 12.0 Å². The molecule has 2 aromatic rings. The highest BCUT2D eigenvalue weighted by Crippen LogP contribution is 2.25. The Morgan fingerprint density at radius 1 is 1.36 bits per heavy atom. The highest BCUT2D eigenvalue weighted by molar-refractivity contribution is 7.99. The minimum absolute atomic E-state index is 0.0160. The largest absolute Gasteiger partial charge is 0.459 e. The third-order valence-electron chi connectivity index (χ3n) is 3.85. The van der Waals surface area contributed by atoms with Gasteiger partial charge >= 0.3 is 0 Å². The van der Waals surface area contributed by atoms with Gasteiger partial charge in [0.1, 0.15) is 0 Å². The lowest BCUT2D eigenvalue weighted by molar-refractivity contribution is -0.119. The molecule has 0 spiro atoms. The lowest BCUT2D eigenvalue weighted by Gasteiger charge is -2.26. The number of furan rings is 1. The normalized spacial score (nSPS) is 21.7. The topological polar surface area (TPSA) is 81.2 Å². The molecular formula is C15H19N3O3S. The molecule has 0 atom stereocenters. The molecule has 2 heterocycles. The van der Waals surface area contributed by atoms with Crippen molar-refractivity contribution < 1.29 is 13.6 Å². The second kappa shape index (κ2) is 7.00. The van der Waals surface area contributed by atoms with E-state index in [0.717, 1.165) is 18.8 Å². The smallest absolute Gasteiger partial charge is 0.284 e. The van der Waals surface area contributed by atoms with Gasteiger partial charge in [0.25, 0.3) is 11.1 Å². The van der Waals surface area contributed by atoms with Crippen LogP contribution in [0.5, 0.6) is 0 Å². The summed E-state index contributed by atoms with van der Waals surface area (Å²) in [6.07, 6.45) is 6.06. The molecule has 0 radical (unpaired) electrons. The standard InChI is InChI=1S/C15H19N3O3S/c1-10-4-6-11(7-5-10)16-13(19)9-22-15-18-17-14(21-15)12-3-2-8-20-12/h2-3,8,10-11H,4-7,9H2,1H3,(H,16,19). The maximum absolute atomic E-state index is 12.0. The summed E-state index contributed by atoms with van der Waals surface area (Å²) in [4.78, 5) is 12.0. The summed E-state index contributed by atoms with van der Waals surface area (Å²) in [6, 6.07) is 3.81. The van der Waals surface area contributed by atoms with Gasteiger partial charge in [-0.1, -0.05) is 18.7 Å². The minimum Gasteiger partial charge on any atom is -0.459 e. The number of nitrogens with zero attached hydrogens (tertiary/aromatic N) is 2. The van der Waals surface area contributed by atoms with E-state index in [1.807, 2.05) is 0 Å². The number of hydrogen-bond donors (Lipinski definition) is 1. The van der Waals surface area contributed by atoms with Crippen molar-refractivity contribution in [2.75, 3.05) is 5.75 Å². The number of carbonyl (C=O) groups excluding carboxylic acids is 1. The Morgan fingerprint density at radius 2 is 2.18 bits per heavy atom. The molecule has 0 saturated heterocycles. The van der Waals surface area contributed by atoms with Crippen molar-refractivity contribution in [2.24, 2.45) is 5.92 Å². The van der Waals surface area contributed by atoms with Gasteiger partial charge in [-0.3, -0.25) is 4.79 Å². The van der Waals surface area contributed by atoms with Crippen LogP contribution in [-0.2, 0) is 4.79 Å². The lowest BCUT2D eigenvalue weighted by atomic mass is 9.87.